The highest BCUT2D eigenvalue weighted by Gasteiger charge is 2.29. The second-order valence-electron chi connectivity index (χ2n) is 8.66. The number of thiazole rings is 1. The number of hydrogen-bond donors (Lipinski definition) is 5. The Kier molecular flexibility index (Phi) is 10.5. The molecular weight excluding hydrogens is 515 g/mol. The van der Waals surface area contributed by atoms with E-state index in [4.69, 9.17) is 26.2 Å². The number of nitrogens with zero attached hydrogens (tertiary/aromatic N) is 3. The number of nitrogen functional groups attached to an aromatic ring is 1. The van der Waals surface area contributed by atoms with Crippen LogP contribution >= 0.6 is 11.3 Å². The van der Waals surface area contributed by atoms with Crippen LogP contribution in [0.2, 0.25) is 0 Å². The van der Waals surface area contributed by atoms with Crippen molar-refractivity contribution in [2.75, 3.05) is 43.4 Å². The van der Waals surface area contributed by atoms with Crippen LogP contribution in [-0.4, -0.2) is 87.2 Å². The molecule has 38 heavy (non-hydrogen) atoms. The number of aliphatic carboxylic acids is 2. The van der Waals surface area contributed by atoms with Crippen LogP contribution in [0.15, 0.2) is 54.6 Å². The number of aliphatic hydroxyl groups excluding tert-OH is 2. The van der Waals surface area contributed by atoms with Crippen LogP contribution in [0.3, 0.4) is 0 Å². The number of hydrogen-bond acceptors (Lipinski definition) is 9. The number of aryl methyl sites for hydroxylation is 1. The highest BCUT2D eigenvalue weighted by molar-refractivity contribution is 7.15. The number of carboxylic acid groups (broad SMARTS) is 2. The molecular formula is C26H31FN4O6S. The molecule has 2 aromatic carbocycles. The van der Waals surface area contributed by atoms with Gasteiger partial charge in [0.2, 0.25) is 0 Å². The molecule has 1 aliphatic heterocycles. The number of carbonyl (C=O) groups is 2. The van der Waals surface area contributed by atoms with Gasteiger partial charge in [-0.15, -0.1) is 11.3 Å². The van der Waals surface area contributed by atoms with E-state index in [1.165, 1.54) is 17.0 Å². The number of aliphatic hydroxyl groups is 2. The van der Waals surface area contributed by atoms with Gasteiger partial charge in [0.25, 0.3) is 0 Å². The second-order valence-corrected chi connectivity index (χ2v) is 9.78. The molecule has 0 bridgehead atoms. The van der Waals surface area contributed by atoms with Gasteiger partial charge in [-0.25, -0.2) is 19.0 Å². The van der Waals surface area contributed by atoms with Crippen molar-refractivity contribution in [3.63, 3.8) is 0 Å². The minimum atomic E-state index is -2.27. The summed E-state index contributed by atoms with van der Waals surface area (Å²) < 4.78 is 13.1. The van der Waals surface area contributed by atoms with E-state index in [2.05, 4.69) is 26.9 Å². The summed E-state index contributed by atoms with van der Waals surface area (Å²) in [4.78, 5) is 30.2. The molecule has 6 N–H and O–H groups in total. The fraction of sp³-hybridized carbons (Fsp3) is 0.346. The Morgan fingerprint density at radius 1 is 0.947 bits per heavy atom. The molecule has 2 heterocycles. The smallest absolute Gasteiger partial charge is 0.335 e. The van der Waals surface area contributed by atoms with Crippen molar-refractivity contribution in [3.05, 3.63) is 65.3 Å². The van der Waals surface area contributed by atoms with Gasteiger partial charge in [0.1, 0.15) is 5.82 Å². The molecule has 0 saturated carbocycles. The lowest BCUT2D eigenvalue weighted by Gasteiger charge is -2.36. The molecule has 0 radical (unpaired) electrons. The van der Waals surface area contributed by atoms with Crippen molar-refractivity contribution >= 4 is 34.1 Å². The summed E-state index contributed by atoms with van der Waals surface area (Å²) in [5, 5.41) is 33.2. The largest absolute Gasteiger partial charge is 0.479 e. The Hall–Kier alpha value is -3.58. The van der Waals surface area contributed by atoms with Crippen LogP contribution in [0, 0.1) is 5.82 Å². The number of aromatic nitrogens is 1. The maximum atomic E-state index is 13.1. The Morgan fingerprint density at radius 2 is 1.53 bits per heavy atom. The van der Waals surface area contributed by atoms with Crippen molar-refractivity contribution < 1.29 is 34.4 Å². The number of anilines is 2. The van der Waals surface area contributed by atoms with Crippen molar-refractivity contribution in [3.8, 4) is 11.3 Å². The van der Waals surface area contributed by atoms with E-state index in [0.717, 1.165) is 62.5 Å². The van der Waals surface area contributed by atoms with E-state index in [-0.39, 0.29) is 5.82 Å². The van der Waals surface area contributed by atoms with E-state index in [1.54, 1.807) is 11.3 Å². The molecule has 4 rings (SSSR count). The molecule has 1 aromatic heterocycles. The summed E-state index contributed by atoms with van der Waals surface area (Å²) in [6.45, 7) is 5.10. The molecule has 0 amide bonds. The van der Waals surface area contributed by atoms with Gasteiger partial charge in [-0.05, 0) is 43.7 Å². The van der Waals surface area contributed by atoms with E-state index in [1.807, 2.05) is 30.3 Å². The van der Waals surface area contributed by atoms with Gasteiger partial charge in [0.15, 0.2) is 17.3 Å². The Morgan fingerprint density at radius 3 is 2.08 bits per heavy atom. The zero-order valence-corrected chi connectivity index (χ0v) is 21.4. The quantitative estimate of drug-likeness (QED) is 0.269. The zero-order valence-electron chi connectivity index (χ0n) is 20.6. The maximum absolute atomic E-state index is 13.1. The van der Waals surface area contributed by atoms with Gasteiger partial charge in [0, 0.05) is 42.3 Å². The first-order valence-electron chi connectivity index (χ1n) is 12.0. The minimum absolute atomic E-state index is 0.180. The predicted molar refractivity (Wildman–Crippen MR) is 143 cm³/mol. The molecule has 0 aliphatic carbocycles. The van der Waals surface area contributed by atoms with E-state index < -0.39 is 24.1 Å². The van der Waals surface area contributed by atoms with E-state index in [9.17, 15) is 14.0 Å². The average molecular weight is 547 g/mol. The molecule has 1 fully saturated rings. The number of carboxylic acids is 2. The lowest BCUT2D eigenvalue weighted by Crippen LogP contribution is -2.46. The first kappa shape index (κ1) is 29.0. The van der Waals surface area contributed by atoms with Gasteiger partial charge in [-0.1, -0.05) is 30.3 Å². The summed E-state index contributed by atoms with van der Waals surface area (Å²) in [6, 6.07) is 17.1. The first-order valence-corrected chi connectivity index (χ1v) is 12.8. The van der Waals surface area contributed by atoms with Gasteiger partial charge < -0.3 is 31.1 Å². The predicted octanol–water partition coefficient (Wildman–Crippen LogP) is 2.16. The molecule has 1 aliphatic rings. The number of benzene rings is 2. The SMILES string of the molecule is Nc1nc(-c2ccccc2)c(CCCN2CCN(c3ccc(F)cc3)CC2)s1.O=C(O)C(O)C(O)C(=O)O. The fourth-order valence-electron chi connectivity index (χ4n) is 3.98. The van der Waals surface area contributed by atoms with Crippen molar-refractivity contribution in [1.82, 2.24) is 9.88 Å². The third kappa shape index (κ3) is 8.21. The van der Waals surface area contributed by atoms with E-state index in [0.29, 0.717) is 5.13 Å². The van der Waals surface area contributed by atoms with Gasteiger partial charge in [-0.2, -0.15) is 0 Å². The summed E-state index contributed by atoms with van der Waals surface area (Å²) >= 11 is 1.60. The van der Waals surface area contributed by atoms with Gasteiger partial charge >= 0.3 is 11.9 Å². The number of halogens is 1. The fourth-order valence-corrected chi connectivity index (χ4v) is 4.87. The second kappa shape index (κ2) is 13.8. The highest BCUT2D eigenvalue weighted by Crippen LogP contribution is 2.30. The lowest BCUT2D eigenvalue weighted by atomic mass is 10.1. The molecule has 2 unspecified atom stereocenters. The topological polar surface area (TPSA) is 160 Å². The van der Waals surface area contributed by atoms with Gasteiger partial charge in [-0.3, -0.25) is 4.90 Å². The maximum Gasteiger partial charge on any atom is 0.335 e. The molecule has 10 nitrogen and oxygen atoms in total. The Labute approximate surface area is 223 Å². The summed E-state index contributed by atoms with van der Waals surface area (Å²) in [5.41, 5.74) is 9.25. The lowest BCUT2D eigenvalue weighted by molar-refractivity contribution is -0.165. The third-order valence-corrected chi connectivity index (χ3v) is 6.95. The third-order valence-electron chi connectivity index (χ3n) is 6.01. The average Bonchev–Trinajstić information content (AvgIpc) is 3.29. The summed E-state index contributed by atoms with van der Waals surface area (Å²) in [6.07, 6.45) is -2.44. The van der Waals surface area contributed by atoms with E-state index >= 15 is 0 Å². The number of piperazine rings is 1. The highest BCUT2D eigenvalue weighted by atomic mass is 32.1. The Balaban J connectivity index is 0.000000342. The van der Waals surface area contributed by atoms with Crippen LogP contribution in [0.5, 0.6) is 0 Å². The summed E-state index contributed by atoms with van der Waals surface area (Å²) in [7, 11) is 0. The van der Waals surface area contributed by atoms with Crippen LogP contribution in [0.1, 0.15) is 11.3 Å². The summed E-state index contributed by atoms with van der Waals surface area (Å²) in [5.74, 6) is -3.72. The molecule has 3 aromatic rings. The van der Waals surface area contributed by atoms with Crippen LogP contribution < -0.4 is 10.6 Å². The van der Waals surface area contributed by atoms with Crippen molar-refractivity contribution in [2.24, 2.45) is 0 Å². The molecule has 0 spiro atoms. The van der Waals surface area contributed by atoms with Crippen LogP contribution in [0.25, 0.3) is 11.3 Å². The van der Waals surface area contributed by atoms with Gasteiger partial charge in [0.05, 0.1) is 5.69 Å². The standard InChI is InChI=1S/C22H25FN4S.C4H6O6/c23-18-8-10-19(11-9-18)27-15-13-26(14-16-27)12-4-7-20-21(25-22(24)28-20)17-5-2-1-3-6-17;5-1(3(7)8)2(6)4(9)10/h1-3,5-6,8-11H,4,7,12-16H2,(H2,24,25);1-2,5-6H,(H,7,8)(H,9,10). The normalized spacial score (nSPS) is 15.3. The molecule has 1 saturated heterocycles. The van der Waals surface area contributed by atoms with Crippen molar-refractivity contribution in [1.29, 1.82) is 0 Å². The molecule has 204 valence electrons. The minimum Gasteiger partial charge on any atom is -0.479 e. The van der Waals surface area contributed by atoms with Crippen LogP contribution in [-0.2, 0) is 16.0 Å². The molecule has 12 heteroatoms. The van der Waals surface area contributed by atoms with Crippen LogP contribution in [0.4, 0.5) is 15.2 Å². The monoisotopic (exact) mass is 546 g/mol. The Bertz CT molecular complexity index is 1170. The van der Waals surface area contributed by atoms with Crippen molar-refractivity contribution in [2.45, 2.75) is 25.0 Å². The molecule has 2 atom stereocenters. The first-order chi connectivity index (χ1) is 18.2. The zero-order chi connectivity index (χ0) is 27.7. The number of rotatable bonds is 9. The number of nitrogens with two attached hydrogens (primary N) is 1.